The molecule has 0 aliphatic rings. The van der Waals surface area contributed by atoms with E-state index in [-0.39, 0.29) is 25.3 Å². The zero-order valence-corrected chi connectivity index (χ0v) is 22.5. The fourth-order valence-electron chi connectivity index (χ4n) is 3.09. The number of hydrogen-bond acceptors (Lipinski definition) is 9. The van der Waals surface area contributed by atoms with Gasteiger partial charge in [0.25, 0.3) is 5.56 Å². The summed E-state index contributed by atoms with van der Waals surface area (Å²) in [5, 5.41) is 0.812. The minimum atomic E-state index is -0.953. The highest BCUT2D eigenvalue weighted by Gasteiger charge is 2.26. The van der Waals surface area contributed by atoms with Crippen LogP contribution in [0.25, 0.3) is 0 Å². The van der Waals surface area contributed by atoms with E-state index in [0.29, 0.717) is 0 Å². The topological polar surface area (TPSA) is 169 Å². The molecular formula is C25H33N5O9. The lowest BCUT2D eigenvalue weighted by Gasteiger charge is -2.29. The molecule has 1 aromatic heterocycles. The van der Waals surface area contributed by atoms with E-state index in [2.05, 4.69) is 15.1 Å². The monoisotopic (exact) mass is 547 g/mol. The SMILES string of the molecule is COC(=O)CN(CCN(NC(=O)OCc1ccccc1)C(=O)OC(C)(C)C)C(=O)Cn1cc(C)c(=O)[nH]c1=O. The van der Waals surface area contributed by atoms with E-state index < -0.39 is 54.0 Å². The lowest BCUT2D eigenvalue weighted by molar-refractivity contribution is -0.147. The Kier molecular flexibility index (Phi) is 10.8. The van der Waals surface area contributed by atoms with Gasteiger partial charge in [0.15, 0.2) is 0 Å². The highest BCUT2D eigenvalue weighted by Crippen LogP contribution is 2.10. The normalized spacial score (nSPS) is 10.8. The van der Waals surface area contributed by atoms with Gasteiger partial charge in [0.05, 0.1) is 13.7 Å². The number of hydrazine groups is 1. The Morgan fingerprint density at radius 1 is 1.05 bits per heavy atom. The Bertz CT molecular complexity index is 1280. The number of esters is 1. The number of H-pyrrole nitrogens is 1. The summed E-state index contributed by atoms with van der Waals surface area (Å²) in [5.41, 5.74) is 0.912. The number of nitrogens with zero attached hydrogens (tertiary/aromatic N) is 3. The van der Waals surface area contributed by atoms with Crippen molar-refractivity contribution >= 4 is 24.1 Å². The van der Waals surface area contributed by atoms with Gasteiger partial charge in [0, 0.05) is 18.3 Å². The maximum absolute atomic E-state index is 13.0. The second-order valence-electron chi connectivity index (χ2n) is 9.40. The van der Waals surface area contributed by atoms with Gasteiger partial charge in [0.1, 0.15) is 25.3 Å². The lowest BCUT2D eigenvalue weighted by Crippen LogP contribution is -2.52. The summed E-state index contributed by atoms with van der Waals surface area (Å²) in [7, 11) is 1.14. The quantitative estimate of drug-likeness (QED) is 0.263. The Hall–Kier alpha value is -4.62. The fourth-order valence-corrected chi connectivity index (χ4v) is 3.09. The van der Waals surface area contributed by atoms with Crippen LogP contribution in [0.4, 0.5) is 9.59 Å². The number of ether oxygens (including phenoxy) is 3. The number of nitrogens with one attached hydrogen (secondary N) is 2. The van der Waals surface area contributed by atoms with Gasteiger partial charge in [-0.2, -0.15) is 0 Å². The van der Waals surface area contributed by atoms with Crippen molar-refractivity contribution < 1.29 is 33.4 Å². The summed E-state index contributed by atoms with van der Waals surface area (Å²) in [6, 6.07) is 8.87. The van der Waals surface area contributed by atoms with Crippen molar-refractivity contribution in [3.05, 3.63) is 68.5 Å². The van der Waals surface area contributed by atoms with Crippen LogP contribution >= 0.6 is 0 Å². The predicted molar refractivity (Wildman–Crippen MR) is 137 cm³/mol. The third-order valence-electron chi connectivity index (χ3n) is 5.04. The van der Waals surface area contributed by atoms with E-state index in [1.165, 1.54) is 13.1 Å². The van der Waals surface area contributed by atoms with E-state index >= 15 is 0 Å². The van der Waals surface area contributed by atoms with Crippen LogP contribution in [-0.4, -0.2) is 75.9 Å². The van der Waals surface area contributed by atoms with Crippen molar-refractivity contribution in [1.82, 2.24) is 24.9 Å². The number of aromatic amines is 1. The maximum Gasteiger partial charge on any atom is 0.429 e. The van der Waals surface area contributed by atoms with Crippen molar-refractivity contribution in [3.63, 3.8) is 0 Å². The first-order chi connectivity index (χ1) is 18.3. The third-order valence-corrected chi connectivity index (χ3v) is 5.04. The third kappa shape index (κ3) is 10.3. The molecule has 0 aliphatic heterocycles. The molecule has 1 heterocycles. The van der Waals surface area contributed by atoms with Gasteiger partial charge in [-0.05, 0) is 33.3 Å². The van der Waals surface area contributed by atoms with Crippen LogP contribution in [0.3, 0.4) is 0 Å². The van der Waals surface area contributed by atoms with Gasteiger partial charge in [-0.1, -0.05) is 30.3 Å². The minimum Gasteiger partial charge on any atom is -0.468 e. The van der Waals surface area contributed by atoms with Gasteiger partial charge in [-0.25, -0.2) is 24.8 Å². The summed E-state index contributed by atoms with van der Waals surface area (Å²) in [5.74, 6) is -1.45. The van der Waals surface area contributed by atoms with E-state index in [1.807, 2.05) is 6.07 Å². The molecule has 0 atom stereocenters. The molecule has 0 saturated heterocycles. The molecule has 0 unspecified atom stereocenters. The van der Waals surface area contributed by atoms with Crippen LogP contribution in [0.15, 0.2) is 46.1 Å². The van der Waals surface area contributed by atoms with E-state index in [1.54, 1.807) is 45.0 Å². The summed E-state index contributed by atoms with van der Waals surface area (Å²) in [6.07, 6.45) is -0.671. The minimum absolute atomic E-state index is 0.0604. The maximum atomic E-state index is 13.0. The van der Waals surface area contributed by atoms with Crippen LogP contribution in [-0.2, 0) is 37.0 Å². The van der Waals surface area contributed by atoms with E-state index in [0.717, 1.165) is 27.1 Å². The van der Waals surface area contributed by atoms with Gasteiger partial charge < -0.3 is 19.1 Å². The van der Waals surface area contributed by atoms with Crippen molar-refractivity contribution in [2.45, 2.75) is 46.4 Å². The van der Waals surface area contributed by atoms with E-state index in [4.69, 9.17) is 9.47 Å². The molecule has 3 amide bonds. The zero-order chi connectivity index (χ0) is 29.2. The molecule has 0 radical (unpaired) electrons. The summed E-state index contributed by atoms with van der Waals surface area (Å²) >= 11 is 0. The summed E-state index contributed by atoms with van der Waals surface area (Å²) in [4.78, 5) is 77.1. The Balaban J connectivity index is 2.18. The number of carbonyl (C=O) groups is 4. The fraction of sp³-hybridized carbons (Fsp3) is 0.440. The molecule has 212 valence electrons. The van der Waals surface area contributed by atoms with Crippen molar-refractivity contribution in [2.75, 3.05) is 26.7 Å². The van der Waals surface area contributed by atoms with Crippen LogP contribution in [0, 0.1) is 6.92 Å². The molecular weight excluding hydrogens is 514 g/mol. The van der Waals surface area contributed by atoms with Gasteiger partial charge in [0.2, 0.25) is 5.91 Å². The molecule has 39 heavy (non-hydrogen) atoms. The molecule has 14 nitrogen and oxygen atoms in total. The first-order valence-corrected chi connectivity index (χ1v) is 11.9. The van der Waals surface area contributed by atoms with Crippen LogP contribution < -0.4 is 16.7 Å². The highest BCUT2D eigenvalue weighted by atomic mass is 16.6. The standard InChI is InChI=1S/C25H33N5O9/c1-17-13-29(22(34)26-21(17)33)14-19(31)28(15-20(32)37-5)11-12-30(24(36)39-25(2,3)4)27-23(35)38-16-18-9-7-6-8-10-18/h6-10,13H,11-12,14-16H2,1-5H3,(H,27,35)(H,26,33,34). The van der Waals surface area contributed by atoms with Crippen LogP contribution in [0.2, 0.25) is 0 Å². The van der Waals surface area contributed by atoms with Gasteiger partial charge >= 0.3 is 23.8 Å². The molecule has 0 fully saturated rings. The Morgan fingerprint density at radius 3 is 2.33 bits per heavy atom. The summed E-state index contributed by atoms with van der Waals surface area (Å²) in [6.45, 7) is 4.72. The molecule has 0 spiro atoms. The molecule has 2 rings (SSSR count). The van der Waals surface area contributed by atoms with Crippen LogP contribution in [0.1, 0.15) is 31.9 Å². The number of amides is 3. The van der Waals surface area contributed by atoms with Gasteiger partial charge in [-0.3, -0.25) is 23.9 Å². The molecule has 2 aromatic rings. The molecule has 2 N–H and O–H groups in total. The van der Waals surface area contributed by atoms with Crippen molar-refractivity contribution in [1.29, 1.82) is 0 Å². The lowest BCUT2D eigenvalue weighted by atomic mass is 10.2. The van der Waals surface area contributed by atoms with E-state index in [9.17, 15) is 28.8 Å². The smallest absolute Gasteiger partial charge is 0.429 e. The van der Waals surface area contributed by atoms with Crippen LogP contribution in [0.5, 0.6) is 0 Å². The number of methoxy groups -OCH3 is 1. The number of aryl methyl sites for hydroxylation is 1. The Morgan fingerprint density at radius 2 is 1.72 bits per heavy atom. The molecule has 0 bridgehead atoms. The molecule has 1 aromatic carbocycles. The number of aromatic nitrogens is 2. The van der Waals surface area contributed by atoms with Crippen molar-refractivity contribution in [2.24, 2.45) is 0 Å². The number of rotatable bonds is 9. The largest absolute Gasteiger partial charge is 0.468 e. The van der Waals surface area contributed by atoms with Gasteiger partial charge in [-0.15, -0.1) is 0 Å². The number of carbonyl (C=O) groups excluding carboxylic acids is 4. The molecule has 0 aliphatic carbocycles. The summed E-state index contributed by atoms with van der Waals surface area (Å²) < 4.78 is 16.1. The first kappa shape index (κ1) is 30.6. The number of hydrogen-bond donors (Lipinski definition) is 2. The highest BCUT2D eigenvalue weighted by molar-refractivity contribution is 5.82. The average molecular weight is 548 g/mol. The van der Waals surface area contributed by atoms with Crippen molar-refractivity contribution in [3.8, 4) is 0 Å². The Labute approximate surface area is 224 Å². The molecule has 14 heteroatoms. The first-order valence-electron chi connectivity index (χ1n) is 11.9. The zero-order valence-electron chi connectivity index (χ0n) is 22.5. The average Bonchev–Trinajstić information content (AvgIpc) is 2.86. The second kappa shape index (κ2) is 13.8. The predicted octanol–water partition coefficient (Wildman–Crippen LogP) is 0.925. The molecule has 0 saturated carbocycles. The number of benzene rings is 1. The second-order valence-corrected chi connectivity index (χ2v) is 9.40.